The summed E-state index contributed by atoms with van der Waals surface area (Å²) in [7, 11) is 5.55. The van der Waals surface area contributed by atoms with Crippen LogP contribution in [0.15, 0.2) is 48.5 Å². The highest BCUT2D eigenvalue weighted by Crippen LogP contribution is 2.21. The molecule has 0 heterocycles. The van der Waals surface area contributed by atoms with Crippen molar-refractivity contribution in [2.75, 3.05) is 34.4 Å². The second kappa shape index (κ2) is 12.3. The van der Waals surface area contributed by atoms with E-state index in [9.17, 15) is 5.11 Å². The van der Waals surface area contributed by atoms with Crippen LogP contribution in [0.2, 0.25) is 0 Å². The normalized spacial score (nSPS) is 11.5. The van der Waals surface area contributed by atoms with Crippen molar-refractivity contribution in [2.45, 2.75) is 32.8 Å². The molecule has 2 aromatic rings. The van der Waals surface area contributed by atoms with E-state index in [1.165, 1.54) is 5.56 Å². The van der Waals surface area contributed by atoms with Gasteiger partial charge in [0.05, 0.1) is 7.11 Å². The fraction of sp³-hybridized carbons (Fsp3) is 0.455. The molecule has 0 aromatic heterocycles. The average Bonchev–Trinajstić information content (AvgIpc) is 2.66. The Balaban J connectivity index is 0.00000163. The highest BCUT2D eigenvalue weighted by atomic mass is 16.5. The van der Waals surface area contributed by atoms with Crippen LogP contribution in [0, 0.1) is 0 Å². The van der Waals surface area contributed by atoms with E-state index in [0.717, 1.165) is 29.9 Å². The number of nitrogens with zero attached hydrogens (tertiary/aromatic N) is 1. The van der Waals surface area contributed by atoms with Crippen molar-refractivity contribution in [1.29, 1.82) is 0 Å². The van der Waals surface area contributed by atoms with Gasteiger partial charge in [-0.1, -0.05) is 44.2 Å². The topological polar surface area (TPSA) is 41.9 Å². The molecule has 0 amide bonds. The van der Waals surface area contributed by atoms with Crippen molar-refractivity contribution in [3.05, 3.63) is 59.7 Å². The molecule has 0 aliphatic heterocycles. The molecule has 4 heteroatoms. The SMILES string of the molecule is CC.COc1cccc(CCc2ccccc2OCC(O)CN(C)C)c1. The highest BCUT2D eigenvalue weighted by Gasteiger charge is 2.09. The van der Waals surface area contributed by atoms with Crippen LogP contribution in [0.4, 0.5) is 0 Å². The number of aliphatic hydroxyl groups excluding tert-OH is 1. The lowest BCUT2D eigenvalue weighted by Crippen LogP contribution is -2.30. The number of hydrogen-bond donors (Lipinski definition) is 1. The van der Waals surface area contributed by atoms with Crippen LogP contribution in [0.25, 0.3) is 0 Å². The average molecular weight is 360 g/mol. The minimum atomic E-state index is -0.494. The van der Waals surface area contributed by atoms with Crippen LogP contribution < -0.4 is 9.47 Å². The predicted octanol–water partition coefficient (Wildman–Crippen LogP) is 3.81. The van der Waals surface area contributed by atoms with Crippen molar-refractivity contribution in [2.24, 2.45) is 0 Å². The molecular weight excluding hydrogens is 326 g/mol. The molecule has 4 nitrogen and oxygen atoms in total. The van der Waals surface area contributed by atoms with Gasteiger partial charge in [-0.05, 0) is 56.3 Å². The van der Waals surface area contributed by atoms with Crippen LogP contribution in [0.5, 0.6) is 11.5 Å². The maximum Gasteiger partial charge on any atom is 0.122 e. The lowest BCUT2D eigenvalue weighted by atomic mass is 10.0. The Kier molecular flexibility index (Phi) is 10.4. The molecule has 0 aliphatic carbocycles. The Hall–Kier alpha value is -2.04. The first kappa shape index (κ1) is 22.0. The van der Waals surface area contributed by atoms with Gasteiger partial charge in [-0.3, -0.25) is 0 Å². The summed E-state index contributed by atoms with van der Waals surface area (Å²) in [6.07, 6.45) is 1.30. The molecule has 0 aliphatic rings. The zero-order valence-electron chi connectivity index (χ0n) is 16.7. The molecule has 2 rings (SSSR count). The van der Waals surface area contributed by atoms with Crippen molar-refractivity contribution in [1.82, 2.24) is 4.90 Å². The fourth-order valence-corrected chi connectivity index (χ4v) is 2.62. The number of ether oxygens (including phenoxy) is 2. The molecule has 0 fully saturated rings. The smallest absolute Gasteiger partial charge is 0.122 e. The van der Waals surface area contributed by atoms with Gasteiger partial charge in [0.2, 0.25) is 0 Å². The number of methoxy groups -OCH3 is 1. The summed E-state index contributed by atoms with van der Waals surface area (Å²) in [6, 6.07) is 16.1. The Morgan fingerprint density at radius 3 is 2.42 bits per heavy atom. The van der Waals surface area contributed by atoms with Gasteiger partial charge in [0.25, 0.3) is 0 Å². The third kappa shape index (κ3) is 7.89. The third-order valence-electron chi connectivity index (χ3n) is 3.80. The summed E-state index contributed by atoms with van der Waals surface area (Å²) in [5.74, 6) is 1.72. The standard InChI is InChI=1S/C20H27NO3.C2H6/c1-21(2)14-18(22)15-24-20-10-5-4-8-17(20)12-11-16-7-6-9-19(13-16)23-3;1-2/h4-10,13,18,22H,11-12,14-15H2,1-3H3;1-2H3. The lowest BCUT2D eigenvalue weighted by Gasteiger charge is -2.18. The van der Waals surface area contributed by atoms with E-state index in [2.05, 4.69) is 18.2 Å². The number of para-hydroxylation sites is 1. The first-order valence-electron chi connectivity index (χ1n) is 9.25. The third-order valence-corrected chi connectivity index (χ3v) is 3.80. The predicted molar refractivity (Wildman–Crippen MR) is 108 cm³/mol. The maximum absolute atomic E-state index is 9.96. The van der Waals surface area contributed by atoms with E-state index >= 15 is 0 Å². The second-order valence-corrected chi connectivity index (χ2v) is 6.19. The summed E-state index contributed by atoms with van der Waals surface area (Å²) in [4.78, 5) is 1.95. The van der Waals surface area contributed by atoms with Gasteiger partial charge < -0.3 is 19.5 Å². The van der Waals surface area contributed by atoms with Gasteiger partial charge in [0.1, 0.15) is 24.2 Å². The van der Waals surface area contributed by atoms with Gasteiger partial charge in [-0.25, -0.2) is 0 Å². The molecule has 2 aromatic carbocycles. The van der Waals surface area contributed by atoms with E-state index in [0.29, 0.717) is 13.2 Å². The first-order valence-corrected chi connectivity index (χ1v) is 9.25. The van der Waals surface area contributed by atoms with Crippen LogP contribution in [-0.2, 0) is 12.8 Å². The summed E-state index contributed by atoms with van der Waals surface area (Å²) in [6.45, 7) is 4.89. The molecule has 1 N–H and O–H groups in total. The molecule has 144 valence electrons. The zero-order chi connectivity index (χ0) is 19.4. The number of aliphatic hydroxyl groups is 1. The molecule has 0 saturated heterocycles. The Bertz CT molecular complexity index is 628. The molecule has 1 unspecified atom stereocenters. The minimum Gasteiger partial charge on any atom is -0.497 e. The van der Waals surface area contributed by atoms with E-state index in [-0.39, 0.29) is 0 Å². The number of aryl methyl sites for hydroxylation is 2. The highest BCUT2D eigenvalue weighted by molar-refractivity contribution is 5.35. The second-order valence-electron chi connectivity index (χ2n) is 6.19. The summed E-state index contributed by atoms with van der Waals surface area (Å²) >= 11 is 0. The Morgan fingerprint density at radius 1 is 1.00 bits per heavy atom. The molecule has 26 heavy (non-hydrogen) atoms. The van der Waals surface area contributed by atoms with Crippen molar-refractivity contribution >= 4 is 0 Å². The quantitative estimate of drug-likeness (QED) is 0.739. The first-order chi connectivity index (χ1) is 12.6. The van der Waals surface area contributed by atoms with Crippen molar-refractivity contribution in [3.8, 4) is 11.5 Å². The Morgan fingerprint density at radius 2 is 1.73 bits per heavy atom. The Labute approximate surface area is 158 Å². The molecule has 0 spiro atoms. The lowest BCUT2D eigenvalue weighted by molar-refractivity contribution is 0.0827. The van der Waals surface area contributed by atoms with Crippen molar-refractivity contribution < 1.29 is 14.6 Å². The maximum atomic E-state index is 9.96. The molecule has 0 saturated carbocycles. The largest absolute Gasteiger partial charge is 0.497 e. The number of rotatable bonds is 9. The van der Waals surface area contributed by atoms with Gasteiger partial charge >= 0.3 is 0 Å². The molecule has 1 atom stereocenters. The number of hydrogen-bond acceptors (Lipinski definition) is 4. The molecule has 0 radical (unpaired) electrons. The fourth-order valence-electron chi connectivity index (χ4n) is 2.62. The van der Waals surface area contributed by atoms with Gasteiger partial charge in [-0.2, -0.15) is 0 Å². The number of benzene rings is 2. The van der Waals surface area contributed by atoms with Crippen molar-refractivity contribution in [3.63, 3.8) is 0 Å². The van der Waals surface area contributed by atoms with Crippen LogP contribution in [0.1, 0.15) is 25.0 Å². The monoisotopic (exact) mass is 359 g/mol. The van der Waals surface area contributed by atoms with Crippen LogP contribution in [-0.4, -0.2) is 50.5 Å². The van der Waals surface area contributed by atoms with Crippen LogP contribution in [0.3, 0.4) is 0 Å². The van der Waals surface area contributed by atoms with Gasteiger partial charge in [0.15, 0.2) is 0 Å². The van der Waals surface area contributed by atoms with E-state index in [1.807, 2.05) is 63.2 Å². The zero-order valence-corrected chi connectivity index (χ0v) is 16.7. The van der Waals surface area contributed by atoms with Gasteiger partial charge in [-0.15, -0.1) is 0 Å². The van der Waals surface area contributed by atoms with Gasteiger partial charge in [0, 0.05) is 6.54 Å². The van der Waals surface area contributed by atoms with E-state index in [1.54, 1.807) is 7.11 Å². The number of likely N-dealkylation sites (N-methyl/N-ethyl adjacent to an activating group) is 1. The van der Waals surface area contributed by atoms with Crippen LogP contribution >= 0.6 is 0 Å². The van der Waals surface area contributed by atoms with E-state index < -0.39 is 6.10 Å². The minimum absolute atomic E-state index is 0.300. The summed E-state index contributed by atoms with van der Waals surface area (Å²) in [5.41, 5.74) is 2.38. The summed E-state index contributed by atoms with van der Waals surface area (Å²) in [5, 5.41) is 9.96. The van der Waals surface area contributed by atoms with E-state index in [4.69, 9.17) is 9.47 Å². The summed E-state index contributed by atoms with van der Waals surface area (Å²) < 4.78 is 11.1. The molecular formula is C22H33NO3. The molecule has 0 bridgehead atoms.